The van der Waals surface area contributed by atoms with Gasteiger partial charge < -0.3 is 15.3 Å². The Labute approximate surface area is 104 Å². The summed E-state index contributed by atoms with van der Waals surface area (Å²) in [6.45, 7) is 1.88. The van der Waals surface area contributed by atoms with Gasteiger partial charge in [-0.25, -0.2) is 4.79 Å². The van der Waals surface area contributed by atoms with Crippen LogP contribution in [0.2, 0.25) is 0 Å². The van der Waals surface area contributed by atoms with Gasteiger partial charge in [0.15, 0.2) is 0 Å². The van der Waals surface area contributed by atoms with Crippen LogP contribution in [0.5, 0.6) is 0 Å². The molecule has 1 aromatic heterocycles. The smallest absolute Gasteiger partial charge is 0.417 e. The van der Waals surface area contributed by atoms with Crippen molar-refractivity contribution in [2.24, 2.45) is 0 Å². The van der Waals surface area contributed by atoms with E-state index in [0.717, 1.165) is 16.5 Å². The molecule has 0 aliphatic carbocycles. The molecule has 0 unspecified atom stereocenters. The van der Waals surface area contributed by atoms with Crippen LogP contribution >= 0.6 is 0 Å². The minimum absolute atomic E-state index is 0.0230. The third-order valence-corrected chi connectivity index (χ3v) is 2.72. The fourth-order valence-corrected chi connectivity index (χ4v) is 1.73. The van der Waals surface area contributed by atoms with Crippen molar-refractivity contribution >= 4 is 22.6 Å². The Morgan fingerprint density at radius 2 is 2.22 bits per heavy atom. The molecule has 5 nitrogen and oxygen atoms in total. The van der Waals surface area contributed by atoms with E-state index in [1.54, 1.807) is 13.1 Å². The zero-order chi connectivity index (χ0) is 13.0. The molecule has 0 aliphatic heterocycles. The number of hydrogen-bond donors (Lipinski definition) is 1. The average molecular weight is 243 g/mol. The summed E-state index contributed by atoms with van der Waals surface area (Å²) in [6, 6.07) is 7.76. The van der Waals surface area contributed by atoms with E-state index in [4.69, 9.17) is 10.3 Å². The lowest BCUT2D eigenvalue weighted by molar-refractivity contribution is -0.141. The second-order valence-corrected chi connectivity index (χ2v) is 3.84. The van der Waals surface area contributed by atoms with E-state index >= 15 is 0 Å². The first-order chi connectivity index (χ1) is 8.76. The maximum absolute atomic E-state index is 11.5. The van der Waals surface area contributed by atoms with Crippen molar-refractivity contribution < 1.29 is 14.3 Å². The second-order valence-electron chi connectivity index (χ2n) is 3.84. The van der Waals surface area contributed by atoms with Gasteiger partial charge >= 0.3 is 11.7 Å². The zero-order valence-corrected chi connectivity index (χ0v) is 10.0. The van der Waals surface area contributed by atoms with Crippen LogP contribution in [-0.2, 0) is 16.1 Å². The van der Waals surface area contributed by atoms with Gasteiger partial charge in [0.1, 0.15) is 6.61 Å². The number of carbonyl (C=O) groups excluding carboxylic acids is 1. The van der Waals surface area contributed by atoms with Crippen molar-refractivity contribution in [1.29, 1.82) is 0 Å². The molecule has 1 aromatic carbocycles. The molecule has 2 rings (SSSR count). The number of fused-ring (bicyclic) bond motifs is 1. The number of H-pyrrole nitrogens is 1. The summed E-state index contributed by atoms with van der Waals surface area (Å²) >= 11 is 0. The molecular formula is C13H13N3O2. The van der Waals surface area contributed by atoms with Crippen LogP contribution in [0.25, 0.3) is 16.4 Å². The van der Waals surface area contributed by atoms with Crippen molar-refractivity contribution in [3.63, 3.8) is 0 Å². The molecule has 0 atom stereocenters. The first kappa shape index (κ1) is 12.1. The van der Waals surface area contributed by atoms with E-state index in [1.807, 2.05) is 24.3 Å². The number of para-hydroxylation sites is 1. The molecule has 5 heteroatoms. The highest BCUT2D eigenvalue weighted by Gasteiger charge is 2.19. The lowest BCUT2D eigenvalue weighted by Crippen LogP contribution is -2.17. The lowest BCUT2D eigenvalue weighted by Gasteiger charge is -2.00. The topological polar surface area (TPSA) is 78.5 Å². The predicted molar refractivity (Wildman–Crippen MR) is 67.0 cm³/mol. The van der Waals surface area contributed by atoms with Gasteiger partial charge in [-0.15, -0.1) is 0 Å². The number of aromatic nitrogens is 1. The van der Waals surface area contributed by atoms with Gasteiger partial charge in [-0.3, -0.25) is 0 Å². The van der Waals surface area contributed by atoms with E-state index in [1.165, 1.54) is 0 Å². The molecule has 18 heavy (non-hydrogen) atoms. The molecular weight excluding hydrogens is 230 g/mol. The van der Waals surface area contributed by atoms with Crippen molar-refractivity contribution in [2.75, 3.05) is 0 Å². The first-order valence-electron chi connectivity index (χ1n) is 5.69. The predicted octanol–water partition coefficient (Wildman–Crippen LogP) is 2.29. The number of nitrogens with zero attached hydrogens (tertiary/aromatic N) is 2. The Morgan fingerprint density at radius 3 is 2.94 bits per heavy atom. The van der Waals surface area contributed by atoms with Crippen molar-refractivity contribution in [1.82, 2.24) is 4.98 Å². The number of nitrogens with one attached hydrogen (secondary N) is 1. The Bertz CT molecular complexity index is 624. The molecule has 0 saturated heterocycles. The van der Waals surface area contributed by atoms with E-state index < -0.39 is 5.97 Å². The van der Waals surface area contributed by atoms with Crippen LogP contribution in [0.3, 0.4) is 0 Å². The van der Waals surface area contributed by atoms with Gasteiger partial charge in [-0.2, -0.15) is 4.79 Å². The summed E-state index contributed by atoms with van der Waals surface area (Å²) in [5, 5.41) is 1.02. The molecule has 0 saturated carbocycles. The van der Waals surface area contributed by atoms with Gasteiger partial charge in [-0.05, 0) is 6.07 Å². The first-order valence-corrected chi connectivity index (χ1v) is 5.69. The molecule has 0 radical (unpaired) electrons. The maximum Gasteiger partial charge on any atom is 0.417 e. The van der Waals surface area contributed by atoms with Gasteiger partial charge in [-0.1, -0.05) is 25.1 Å². The number of ether oxygens (including phenoxy) is 1. The minimum Gasteiger partial charge on any atom is -0.452 e. The van der Waals surface area contributed by atoms with Crippen LogP contribution in [0, 0.1) is 0 Å². The summed E-state index contributed by atoms with van der Waals surface area (Å²) in [5.74, 6) is -0.592. The molecule has 1 N–H and O–H groups in total. The maximum atomic E-state index is 11.5. The Kier molecular flexibility index (Phi) is 3.55. The quantitative estimate of drug-likeness (QED) is 0.387. The van der Waals surface area contributed by atoms with Crippen molar-refractivity contribution in [3.05, 3.63) is 41.6 Å². The van der Waals surface area contributed by atoms with Gasteiger partial charge in [0, 0.05) is 22.7 Å². The largest absolute Gasteiger partial charge is 0.452 e. The highest BCUT2D eigenvalue weighted by molar-refractivity contribution is 6.33. The van der Waals surface area contributed by atoms with Crippen LogP contribution in [0.4, 0.5) is 0 Å². The molecule has 92 valence electrons. The highest BCUT2D eigenvalue weighted by atomic mass is 16.5. The monoisotopic (exact) mass is 243 g/mol. The number of carbonyl (C=O) groups is 1. The zero-order valence-electron chi connectivity index (χ0n) is 10.0. The number of rotatable bonds is 4. The Hall–Kier alpha value is -2.39. The summed E-state index contributed by atoms with van der Waals surface area (Å²) in [7, 11) is 0. The third kappa shape index (κ3) is 2.31. The van der Waals surface area contributed by atoms with Crippen molar-refractivity contribution in [3.8, 4) is 0 Å². The number of hydrogen-bond acceptors (Lipinski definition) is 2. The molecule has 0 amide bonds. The molecule has 0 fully saturated rings. The molecule has 1 heterocycles. The van der Waals surface area contributed by atoms with E-state index in [2.05, 4.69) is 9.77 Å². The summed E-state index contributed by atoms with van der Waals surface area (Å²) in [6.07, 6.45) is 2.14. The summed E-state index contributed by atoms with van der Waals surface area (Å²) < 4.78 is 5.09. The Morgan fingerprint density at radius 1 is 1.44 bits per heavy atom. The van der Waals surface area contributed by atoms with Crippen LogP contribution in [0.1, 0.15) is 18.9 Å². The van der Waals surface area contributed by atoms with Crippen molar-refractivity contribution in [2.45, 2.75) is 20.0 Å². The highest BCUT2D eigenvalue weighted by Crippen LogP contribution is 2.18. The van der Waals surface area contributed by atoms with Gasteiger partial charge in [0.05, 0.1) is 6.42 Å². The molecule has 0 bridgehead atoms. The SMILES string of the molecule is CCC(=[N+]=[N-])C(=O)OCc1c[nH]c2ccccc12. The molecule has 0 aliphatic rings. The Balaban J connectivity index is 2.11. The molecule has 0 spiro atoms. The standard InChI is InChI=1S/C13H13N3O2/c1-2-11(16-14)13(17)18-8-9-7-15-12-6-4-3-5-10(9)12/h3-7,15H,2,8H2,1H3. The second kappa shape index (κ2) is 5.29. The fraction of sp³-hybridized carbons (Fsp3) is 0.231. The van der Waals surface area contributed by atoms with Gasteiger partial charge in [0.2, 0.25) is 0 Å². The summed E-state index contributed by atoms with van der Waals surface area (Å²) in [4.78, 5) is 17.5. The third-order valence-electron chi connectivity index (χ3n) is 2.72. The average Bonchev–Trinajstić information content (AvgIpc) is 2.81. The van der Waals surface area contributed by atoms with E-state index in [0.29, 0.717) is 6.42 Å². The van der Waals surface area contributed by atoms with Crippen LogP contribution < -0.4 is 0 Å². The normalized spacial score (nSPS) is 10.1. The summed E-state index contributed by atoms with van der Waals surface area (Å²) in [5.41, 5.74) is 10.5. The van der Waals surface area contributed by atoms with Crippen LogP contribution in [0.15, 0.2) is 30.5 Å². The molecule has 2 aromatic rings. The number of aromatic amines is 1. The fourth-order valence-electron chi connectivity index (χ4n) is 1.73. The van der Waals surface area contributed by atoms with E-state index in [-0.39, 0.29) is 12.3 Å². The van der Waals surface area contributed by atoms with Gasteiger partial charge in [0.25, 0.3) is 0 Å². The lowest BCUT2D eigenvalue weighted by atomic mass is 10.2. The number of esters is 1. The van der Waals surface area contributed by atoms with Crippen LogP contribution in [-0.4, -0.2) is 21.5 Å². The van der Waals surface area contributed by atoms with E-state index in [9.17, 15) is 4.79 Å². The minimum atomic E-state index is -0.592. The number of benzene rings is 1.